The number of hydrogen-bond donors (Lipinski definition) is 0. The van der Waals surface area contributed by atoms with Crippen molar-refractivity contribution < 1.29 is 4.74 Å². The molecule has 0 bridgehead atoms. The molecule has 1 aliphatic rings. The van der Waals surface area contributed by atoms with Crippen LogP contribution in [0.4, 0.5) is 0 Å². The van der Waals surface area contributed by atoms with Crippen LogP contribution >= 0.6 is 0 Å². The van der Waals surface area contributed by atoms with Gasteiger partial charge in [0.1, 0.15) is 0 Å². The number of hydroxylamine groups is 1. The molecule has 2 nitrogen and oxygen atoms in total. The average Bonchev–Trinajstić information content (AvgIpc) is 2.55. The highest BCUT2D eigenvalue weighted by Crippen LogP contribution is 2.29. The number of hydrogen-bond acceptors (Lipinski definition) is 1. The molecule has 0 atom stereocenters. The molecule has 1 aromatic carbocycles. The topological polar surface area (TPSA) is 26.1 Å². The van der Waals surface area contributed by atoms with Gasteiger partial charge in [0.25, 0.3) is 0 Å². The van der Waals surface area contributed by atoms with E-state index in [9.17, 15) is 5.21 Å². The van der Waals surface area contributed by atoms with Gasteiger partial charge in [-0.1, -0.05) is 36.9 Å². The number of rotatable bonds is 2. The minimum atomic E-state index is -0.285. The lowest BCUT2D eigenvalue weighted by atomic mass is 9.99. The second-order valence-corrected chi connectivity index (χ2v) is 4.90. The zero-order valence-corrected chi connectivity index (χ0v) is 9.86. The third-order valence-corrected chi connectivity index (χ3v) is 3.24. The normalized spacial score (nSPS) is 18.9. The number of nitrogens with zero attached hydrogens (tertiary/aromatic N) is 1. The van der Waals surface area contributed by atoms with Crippen LogP contribution in [0.2, 0.25) is 0 Å². The molecule has 0 aliphatic carbocycles. The van der Waals surface area contributed by atoms with E-state index in [4.69, 9.17) is 0 Å². The lowest BCUT2D eigenvalue weighted by molar-refractivity contribution is -0.530. The predicted molar refractivity (Wildman–Crippen MR) is 67.4 cm³/mol. The molecule has 84 valence electrons. The Hall–Kier alpha value is -1.57. The molecule has 0 fully saturated rings. The Kier molecular flexibility index (Phi) is 2.58. The summed E-state index contributed by atoms with van der Waals surface area (Å²) in [5, 5.41) is 12.1. The van der Waals surface area contributed by atoms with Crippen LogP contribution in [-0.4, -0.2) is 16.0 Å². The fourth-order valence-electron chi connectivity index (χ4n) is 2.07. The third-order valence-electron chi connectivity index (χ3n) is 3.24. The van der Waals surface area contributed by atoms with Crippen LogP contribution in [0.1, 0.15) is 32.3 Å². The van der Waals surface area contributed by atoms with Crippen molar-refractivity contribution in [2.45, 2.75) is 32.2 Å². The SMILES string of the molecule is C=C(C1=[N+]([O-])C(C)(C)CC1)c1ccccc1. The molecule has 0 amide bonds. The van der Waals surface area contributed by atoms with Crippen LogP contribution in [-0.2, 0) is 0 Å². The fourth-order valence-corrected chi connectivity index (χ4v) is 2.07. The molecule has 0 radical (unpaired) electrons. The molecule has 1 aliphatic heterocycles. The van der Waals surface area contributed by atoms with E-state index in [0.29, 0.717) is 0 Å². The van der Waals surface area contributed by atoms with Gasteiger partial charge < -0.3 is 5.21 Å². The molecular weight excluding hydrogens is 198 g/mol. The van der Waals surface area contributed by atoms with Crippen LogP contribution in [0.15, 0.2) is 36.9 Å². The van der Waals surface area contributed by atoms with E-state index in [1.165, 1.54) is 0 Å². The van der Waals surface area contributed by atoms with E-state index in [-0.39, 0.29) is 5.54 Å². The van der Waals surface area contributed by atoms with Gasteiger partial charge >= 0.3 is 0 Å². The first-order valence-corrected chi connectivity index (χ1v) is 5.60. The summed E-state index contributed by atoms with van der Waals surface area (Å²) < 4.78 is 1.13. The zero-order chi connectivity index (χ0) is 11.8. The standard InChI is InChI=1S/C14H17NO/c1-11(12-7-5-4-6-8-12)13-9-10-14(2,3)15(13)16/h4-8H,1,9-10H2,2-3H3. The highest BCUT2D eigenvalue weighted by molar-refractivity contribution is 6.21. The van der Waals surface area contributed by atoms with E-state index >= 15 is 0 Å². The van der Waals surface area contributed by atoms with Gasteiger partial charge in [-0.15, -0.1) is 0 Å². The Morgan fingerprint density at radius 2 is 1.94 bits per heavy atom. The van der Waals surface area contributed by atoms with E-state index in [1.807, 2.05) is 44.2 Å². The summed E-state index contributed by atoms with van der Waals surface area (Å²) in [5.41, 5.74) is 2.45. The fraction of sp³-hybridized carbons (Fsp3) is 0.357. The van der Waals surface area contributed by atoms with Crippen molar-refractivity contribution in [1.29, 1.82) is 0 Å². The molecule has 2 rings (SSSR count). The van der Waals surface area contributed by atoms with E-state index in [0.717, 1.165) is 34.4 Å². The van der Waals surface area contributed by atoms with Gasteiger partial charge in [-0.05, 0) is 5.56 Å². The monoisotopic (exact) mass is 215 g/mol. The quantitative estimate of drug-likeness (QED) is 0.549. The molecule has 1 heterocycles. The Labute approximate surface area is 96.5 Å². The second-order valence-electron chi connectivity index (χ2n) is 4.90. The predicted octanol–water partition coefficient (Wildman–Crippen LogP) is 3.22. The van der Waals surface area contributed by atoms with Crippen LogP contribution in [0.3, 0.4) is 0 Å². The number of benzene rings is 1. The summed E-state index contributed by atoms with van der Waals surface area (Å²) in [6, 6.07) is 9.89. The zero-order valence-electron chi connectivity index (χ0n) is 9.86. The minimum absolute atomic E-state index is 0.285. The van der Waals surface area contributed by atoms with Crippen molar-refractivity contribution in [3.05, 3.63) is 47.7 Å². The summed E-state index contributed by atoms with van der Waals surface area (Å²) >= 11 is 0. The maximum absolute atomic E-state index is 12.1. The van der Waals surface area contributed by atoms with Crippen LogP contribution < -0.4 is 0 Å². The molecule has 0 saturated heterocycles. The van der Waals surface area contributed by atoms with Crippen molar-refractivity contribution in [2.24, 2.45) is 0 Å². The Morgan fingerprint density at radius 3 is 2.44 bits per heavy atom. The maximum Gasteiger partial charge on any atom is 0.195 e. The highest BCUT2D eigenvalue weighted by atomic mass is 16.5. The van der Waals surface area contributed by atoms with Crippen molar-refractivity contribution in [3.8, 4) is 0 Å². The van der Waals surface area contributed by atoms with Crippen LogP contribution in [0.5, 0.6) is 0 Å². The summed E-state index contributed by atoms with van der Waals surface area (Å²) in [4.78, 5) is 0. The molecule has 0 aromatic heterocycles. The number of allylic oxidation sites excluding steroid dienone is 1. The average molecular weight is 215 g/mol. The van der Waals surface area contributed by atoms with Crippen molar-refractivity contribution >= 4 is 11.3 Å². The smallest absolute Gasteiger partial charge is 0.195 e. The van der Waals surface area contributed by atoms with E-state index < -0.39 is 0 Å². The molecule has 2 heteroatoms. The summed E-state index contributed by atoms with van der Waals surface area (Å²) in [6.07, 6.45) is 1.72. The van der Waals surface area contributed by atoms with Gasteiger partial charge in [0.2, 0.25) is 0 Å². The second kappa shape index (κ2) is 3.78. The van der Waals surface area contributed by atoms with Crippen molar-refractivity contribution in [3.63, 3.8) is 0 Å². The lowest BCUT2D eigenvalue weighted by Crippen LogP contribution is -2.29. The Bertz CT molecular complexity index is 443. The van der Waals surface area contributed by atoms with Crippen LogP contribution in [0.25, 0.3) is 5.57 Å². The van der Waals surface area contributed by atoms with E-state index in [1.54, 1.807) is 0 Å². The molecule has 0 unspecified atom stereocenters. The van der Waals surface area contributed by atoms with Crippen molar-refractivity contribution in [2.75, 3.05) is 0 Å². The molecule has 0 saturated carbocycles. The minimum Gasteiger partial charge on any atom is -0.623 e. The van der Waals surface area contributed by atoms with Gasteiger partial charge in [0, 0.05) is 32.3 Å². The first-order chi connectivity index (χ1) is 7.52. The maximum atomic E-state index is 12.1. The molecule has 0 N–H and O–H groups in total. The van der Waals surface area contributed by atoms with Crippen LogP contribution in [0, 0.1) is 5.21 Å². The largest absolute Gasteiger partial charge is 0.623 e. The molecule has 0 spiro atoms. The molecule has 16 heavy (non-hydrogen) atoms. The first kappa shape index (κ1) is 10.9. The lowest BCUT2D eigenvalue weighted by Gasteiger charge is -2.18. The van der Waals surface area contributed by atoms with Crippen molar-refractivity contribution in [1.82, 2.24) is 0 Å². The summed E-state index contributed by atoms with van der Waals surface area (Å²) in [6.45, 7) is 8.00. The third kappa shape index (κ3) is 1.75. The van der Waals surface area contributed by atoms with Gasteiger partial charge in [-0.3, -0.25) is 0 Å². The molecule has 1 aromatic rings. The summed E-state index contributed by atoms with van der Waals surface area (Å²) in [7, 11) is 0. The Morgan fingerprint density at radius 1 is 1.31 bits per heavy atom. The van der Waals surface area contributed by atoms with E-state index in [2.05, 4.69) is 6.58 Å². The molecular formula is C14H17NO. The highest BCUT2D eigenvalue weighted by Gasteiger charge is 2.37. The van der Waals surface area contributed by atoms with Gasteiger partial charge in [0.15, 0.2) is 11.3 Å². The van der Waals surface area contributed by atoms with Gasteiger partial charge in [0.05, 0.1) is 0 Å². The summed E-state index contributed by atoms with van der Waals surface area (Å²) in [5.74, 6) is 0. The Balaban J connectivity index is 2.35. The first-order valence-electron chi connectivity index (χ1n) is 5.60. The van der Waals surface area contributed by atoms with Gasteiger partial charge in [-0.25, -0.2) is 4.74 Å². The van der Waals surface area contributed by atoms with Gasteiger partial charge in [-0.2, -0.15) is 0 Å².